The largest absolute Gasteiger partial charge is 0.478 e. The molecule has 1 unspecified atom stereocenters. The van der Waals surface area contributed by atoms with Gasteiger partial charge in [0.25, 0.3) is 0 Å². The molecule has 1 heterocycles. The maximum atomic E-state index is 11.7. The molecule has 2 rings (SSSR count). The van der Waals surface area contributed by atoms with Gasteiger partial charge in [-0.05, 0) is 31.2 Å². The number of nitrogens with one attached hydrogen (secondary N) is 2. The van der Waals surface area contributed by atoms with Gasteiger partial charge in [-0.25, -0.2) is 9.59 Å². The van der Waals surface area contributed by atoms with E-state index in [1.807, 2.05) is 0 Å². The Morgan fingerprint density at radius 2 is 2.20 bits per heavy atom. The van der Waals surface area contributed by atoms with Gasteiger partial charge in [-0.2, -0.15) is 0 Å². The summed E-state index contributed by atoms with van der Waals surface area (Å²) in [5, 5.41) is 14.2. The fourth-order valence-corrected chi connectivity index (χ4v) is 2.08. The van der Waals surface area contributed by atoms with Crippen molar-refractivity contribution >= 4 is 17.7 Å². The van der Waals surface area contributed by atoms with Crippen molar-refractivity contribution in [2.24, 2.45) is 5.92 Å². The summed E-state index contributed by atoms with van der Waals surface area (Å²) in [6, 6.07) is 1.03. The van der Waals surface area contributed by atoms with E-state index >= 15 is 0 Å². The van der Waals surface area contributed by atoms with Gasteiger partial charge in [0.05, 0.1) is 17.4 Å². The molecule has 1 aliphatic carbocycles. The SMILES string of the molecule is O=C(NCC1CC=CCC1)Nc1cncc(C(=O)O)c1. The maximum absolute atomic E-state index is 11.7. The average Bonchev–Trinajstić information content (AvgIpc) is 2.46. The first-order chi connectivity index (χ1) is 9.65. The van der Waals surface area contributed by atoms with Gasteiger partial charge in [-0.1, -0.05) is 12.2 Å². The highest BCUT2D eigenvalue weighted by Crippen LogP contribution is 2.17. The zero-order valence-electron chi connectivity index (χ0n) is 11.0. The van der Waals surface area contributed by atoms with E-state index in [-0.39, 0.29) is 11.6 Å². The van der Waals surface area contributed by atoms with E-state index in [0.29, 0.717) is 18.2 Å². The van der Waals surface area contributed by atoms with E-state index in [4.69, 9.17) is 5.11 Å². The Kier molecular flexibility index (Phi) is 4.70. The molecule has 20 heavy (non-hydrogen) atoms. The summed E-state index contributed by atoms with van der Waals surface area (Å²) in [6.45, 7) is 0.613. The van der Waals surface area contributed by atoms with Crippen molar-refractivity contribution in [1.29, 1.82) is 0 Å². The first-order valence-electron chi connectivity index (χ1n) is 6.53. The standard InChI is InChI=1S/C14H17N3O3/c18-13(19)11-6-12(9-15-8-11)17-14(20)16-7-10-4-2-1-3-5-10/h1-2,6,8-10H,3-5,7H2,(H,18,19)(H2,16,17,20). The molecule has 1 atom stereocenters. The van der Waals surface area contributed by atoms with Crippen LogP contribution in [0.25, 0.3) is 0 Å². The lowest BCUT2D eigenvalue weighted by molar-refractivity contribution is 0.0696. The van der Waals surface area contributed by atoms with Gasteiger partial charge in [-0.3, -0.25) is 4.98 Å². The van der Waals surface area contributed by atoms with Crippen LogP contribution in [0.2, 0.25) is 0 Å². The predicted molar refractivity (Wildman–Crippen MR) is 74.7 cm³/mol. The Morgan fingerprint density at radius 1 is 1.35 bits per heavy atom. The third kappa shape index (κ3) is 4.08. The fourth-order valence-electron chi connectivity index (χ4n) is 2.08. The Labute approximate surface area is 116 Å². The first-order valence-corrected chi connectivity index (χ1v) is 6.53. The van der Waals surface area contributed by atoms with E-state index in [1.165, 1.54) is 18.5 Å². The van der Waals surface area contributed by atoms with Crippen LogP contribution in [0.5, 0.6) is 0 Å². The second kappa shape index (κ2) is 6.70. The van der Waals surface area contributed by atoms with Gasteiger partial charge < -0.3 is 15.7 Å². The number of aromatic carboxylic acids is 1. The monoisotopic (exact) mass is 275 g/mol. The fraction of sp³-hybridized carbons (Fsp3) is 0.357. The minimum absolute atomic E-state index is 0.0419. The number of carboxylic acids is 1. The third-order valence-corrected chi connectivity index (χ3v) is 3.17. The van der Waals surface area contributed by atoms with Crippen LogP contribution < -0.4 is 10.6 Å². The molecule has 6 heteroatoms. The highest BCUT2D eigenvalue weighted by atomic mass is 16.4. The number of hydrogen-bond donors (Lipinski definition) is 3. The van der Waals surface area contributed by atoms with Gasteiger partial charge >= 0.3 is 12.0 Å². The van der Waals surface area contributed by atoms with Crippen LogP contribution in [0.3, 0.4) is 0 Å². The molecular weight excluding hydrogens is 258 g/mol. The smallest absolute Gasteiger partial charge is 0.337 e. The molecule has 1 aliphatic rings. The van der Waals surface area contributed by atoms with Gasteiger partial charge in [0.1, 0.15) is 0 Å². The summed E-state index contributed by atoms with van der Waals surface area (Å²) in [5.41, 5.74) is 0.408. The minimum Gasteiger partial charge on any atom is -0.478 e. The highest BCUT2D eigenvalue weighted by molar-refractivity contribution is 5.92. The molecule has 0 radical (unpaired) electrons. The van der Waals surface area contributed by atoms with Crippen molar-refractivity contribution in [3.63, 3.8) is 0 Å². The van der Waals surface area contributed by atoms with E-state index in [1.54, 1.807) is 0 Å². The number of carbonyl (C=O) groups is 2. The number of anilines is 1. The van der Waals surface area contributed by atoms with Crippen LogP contribution in [0.4, 0.5) is 10.5 Å². The molecule has 1 aromatic rings. The Hall–Kier alpha value is -2.37. The minimum atomic E-state index is -1.07. The molecule has 0 aromatic carbocycles. The molecule has 0 aliphatic heterocycles. The number of amides is 2. The first kappa shape index (κ1) is 14.0. The summed E-state index contributed by atoms with van der Waals surface area (Å²) in [5.74, 6) is -0.607. The number of rotatable bonds is 4. The molecule has 0 fully saturated rings. The predicted octanol–water partition coefficient (Wildman–Crippen LogP) is 2.26. The van der Waals surface area contributed by atoms with E-state index < -0.39 is 5.97 Å². The van der Waals surface area contributed by atoms with Gasteiger partial charge in [0.2, 0.25) is 0 Å². The number of aromatic nitrogens is 1. The van der Waals surface area contributed by atoms with Crippen LogP contribution in [0.1, 0.15) is 29.6 Å². The van der Waals surface area contributed by atoms with Crippen molar-refractivity contribution < 1.29 is 14.7 Å². The molecule has 3 N–H and O–H groups in total. The number of nitrogens with zero attached hydrogens (tertiary/aromatic N) is 1. The summed E-state index contributed by atoms with van der Waals surface area (Å²) in [7, 11) is 0. The third-order valence-electron chi connectivity index (χ3n) is 3.17. The summed E-state index contributed by atoms with van der Waals surface area (Å²) in [6.07, 6.45) is 10.0. The van der Waals surface area contributed by atoms with Crippen LogP contribution in [-0.4, -0.2) is 28.6 Å². The summed E-state index contributed by atoms with van der Waals surface area (Å²) >= 11 is 0. The molecule has 1 aromatic heterocycles. The normalized spacial score (nSPS) is 17.5. The Bertz CT molecular complexity index is 528. The van der Waals surface area contributed by atoms with Crippen LogP contribution in [-0.2, 0) is 0 Å². The van der Waals surface area contributed by atoms with Crippen molar-refractivity contribution in [2.75, 3.05) is 11.9 Å². The van der Waals surface area contributed by atoms with Gasteiger partial charge in [-0.15, -0.1) is 0 Å². The lowest BCUT2D eigenvalue weighted by atomic mass is 9.94. The van der Waals surface area contributed by atoms with Crippen LogP contribution in [0.15, 0.2) is 30.6 Å². The number of urea groups is 1. The quantitative estimate of drug-likeness (QED) is 0.735. The number of carbonyl (C=O) groups excluding carboxylic acids is 1. The molecule has 0 bridgehead atoms. The van der Waals surface area contributed by atoms with Crippen molar-refractivity contribution in [3.8, 4) is 0 Å². The van der Waals surface area contributed by atoms with Crippen molar-refractivity contribution in [3.05, 3.63) is 36.2 Å². The molecule has 0 spiro atoms. The lowest BCUT2D eigenvalue weighted by Gasteiger charge is -2.18. The zero-order valence-corrected chi connectivity index (χ0v) is 11.0. The lowest BCUT2D eigenvalue weighted by Crippen LogP contribution is -2.33. The second-order valence-electron chi connectivity index (χ2n) is 4.75. The summed E-state index contributed by atoms with van der Waals surface area (Å²) in [4.78, 5) is 26.3. The second-order valence-corrected chi connectivity index (χ2v) is 4.75. The number of carboxylic acid groups (broad SMARTS) is 1. The molecule has 2 amide bonds. The molecular formula is C14H17N3O3. The summed E-state index contributed by atoms with van der Waals surface area (Å²) < 4.78 is 0. The number of hydrogen-bond acceptors (Lipinski definition) is 3. The van der Waals surface area contributed by atoms with Gasteiger partial charge in [0.15, 0.2) is 0 Å². The topological polar surface area (TPSA) is 91.3 Å². The zero-order chi connectivity index (χ0) is 14.4. The van der Waals surface area contributed by atoms with Crippen molar-refractivity contribution in [1.82, 2.24) is 10.3 Å². The van der Waals surface area contributed by atoms with Crippen LogP contribution in [0, 0.1) is 5.92 Å². The maximum Gasteiger partial charge on any atom is 0.337 e. The molecule has 0 saturated carbocycles. The van der Waals surface area contributed by atoms with E-state index in [0.717, 1.165) is 19.3 Å². The van der Waals surface area contributed by atoms with Crippen molar-refractivity contribution in [2.45, 2.75) is 19.3 Å². The Morgan fingerprint density at radius 3 is 2.90 bits per heavy atom. The number of pyridine rings is 1. The van der Waals surface area contributed by atoms with E-state index in [2.05, 4.69) is 27.8 Å². The Balaban J connectivity index is 1.83. The number of allylic oxidation sites excluding steroid dienone is 2. The molecule has 6 nitrogen and oxygen atoms in total. The average molecular weight is 275 g/mol. The molecule has 106 valence electrons. The van der Waals surface area contributed by atoms with Gasteiger partial charge in [0, 0.05) is 12.7 Å². The van der Waals surface area contributed by atoms with E-state index in [9.17, 15) is 9.59 Å². The van der Waals surface area contributed by atoms with Crippen LogP contribution >= 0.6 is 0 Å². The molecule has 0 saturated heterocycles. The highest BCUT2D eigenvalue weighted by Gasteiger charge is 2.12.